The minimum atomic E-state index is -1.16. The van der Waals surface area contributed by atoms with E-state index >= 15 is 0 Å². The van der Waals surface area contributed by atoms with E-state index in [-0.39, 0.29) is 23.7 Å². The molecule has 0 aromatic carbocycles. The van der Waals surface area contributed by atoms with E-state index in [4.69, 9.17) is 33.2 Å². The molecule has 6 unspecified atom stereocenters. The standard InChI is InChI=1S/C31H40O12/c1-15(2)26(32)37-13-21(27(33)42-24-17(5)19(7)39-29(24)35)14-38-31(16(3)4)41-23-12-10-9-11-22(23)28(34)43-25-18(6)20(8)40-30(25)36/h19-23,31H,1,3,9-14H2,2,4-8H3. The SMILES string of the molecule is C=C(C)C(=O)OCC(COC(OC1CCCCC1C(=O)OC1=C(C)C(C)OC1=O)C(=C)C)C(=O)OC1=C(C)C(C)OC1=O. The van der Waals surface area contributed by atoms with Crippen molar-refractivity contribution in [3.05, 3.63) is 47.0 Å². The number of ether oxygens (including phenoxy) is 7. The van der Waals surface area contributed by atoms with Crippen LogP contribution >= 0.6 is 0 Å². The number of hydrogen-bond acceptors (Lipinski definition) is 12. The van der Waals surface area contributed by atoms with Crippen LogP contribution in [0.15, 0.2) is 47.0 Å². The first-order valence-corrected chi connectivity index (χ1v) is 14.2. The van der Waals surface area contributed by atoms with Crippen molar-refractivity contribution in [1.29, 1.82) is 0 Å². The van der Waals surface area contributed by atoms with Crippen LogP contribution in [0.25, 0.3) is 0 Å². The summed E-state index contributed by atoms with van der Waals surface area (Å²) >= 11 is 0. The van der Waals surface area contributed by atoms with Crippen LogP contribution in [0.5, 0.6) is 0 Å². The Kier molecular flexibility index (Phi) is 11.5. The van der Waals surface area contributed by atoms with Crippen LogP contribution in [0.1, 0.15) is 67.2 Å². The Morgan fingerprint density at radius 2 is 1.44 bits per heavy atom. The van der Waals surface area contributed by atoms with Crippen molar-refractivity contribution in [3.63, 3.8) is 0 Å². The van der Waals surface area contributed by atoms with Gasteiger partial charge in [0.05, 0.1) is 18.6 Å². The van der Waals surface area contributed by atoms with Crippen molar-refractivity contribution in [2.75, 3.05) is 13.2 Å². The topological polar surface area (TPSA) is 150 Å². The second-order valence-corrected chi connectivity index (χ2v) is 11.1. The molecule has 0 spiro atoms. The predicted octanol–water partition coefficient (Wildman–Crippen LogP) is 3.74. The molecule has 0 saturated heterocycles. The minimum Gasteiger partial charge on any atom is -0.461 e. The Morgan fingerprint density at radius 3 is 1.95 bits per heavy atom. The van der Waals surface area contributed by atoms with Crippen LogP contribution in [0.2, 0.25) is 0 Å². The third-order valence-electron chi connectivity index (χ3n) is 7.53. The predicted molar refractivity (Wildman–Crippen MR) is 149 cm³/mol. The molecule has 0 bridgehead atoms. The molecule has 0 aromatic heterocycles. The Labute approximate surface area is 251 Å². The molecule has 1 aliphatic carbocycles. The van der Waals surface area contributed by atoms with Crippen molar-refractivity contribution >= 4 is 29.8 Å². The lowest BCUT2D eigenvalue weighted by Gasteiger charge is -2.33. The van der Waals surface area contributed by atoms with E-state index in [0.29, 0.717) is 29.6 Å². The van der Waals surface area contributed by atoms with Crippen molar-refractivity contribution < 1.29 is 57.1 Å². The summed E-state index contributed by atoms with van der Waals surface area (Å²) in [5.41, 5.74) is 1.56. The Balaban J connectivity index is 1.71. The van der Waals surface area contributed by atoms with Crippen LogP contribution in [-0.2, 0) is 57.1 Å². The number of esters is 5. The molecule has 236 valence electrons. The van der Waals surface area contributed by atoms with Gasteiger partial charge in [-0.3, -0.25) is 9.59 Å². The lowest BCUT2D eigenvalue weighted by molar-refractivity contribution is -0.190. The first-order chi connectivity index (χ1) is 20.2. The fourth-order valence-corrected chi connectivity index (χ4v) is 4.57. The summed E-state index contributed by atoms with van der Waals surface area (Å²) in [5, 5.41) is 0. The molecule has 43 heavy (non-hydrogen) atoms. The fraction of sp³-hybridized carbons (Fsp3) is 0.581. The van der Waals surface area contributed by atoms with Crippen molar-refractivity contribution in [1.82, 2.24) is 0 Å². The van der Waals surface area contributed by atoms with Gasteiger partial charge in [0.1, 0.15) is 24.7 Å². The third-order valence-corrected chi connectivity index (χ3v) is 7.53. The summed E-state index contributed by atoms with van der Waals surface area (Å²) in [4.78, 5) is 62.6. The molecule has 1 fully saturated rings. The van der Waals surface area contributed by atoms with E-state index in [1.54, 1.807) is 34.6 Å². The zero-order valence-electron chi connectivity index (χ0n) is 25.5. The number of hydrogen-bond donors (Lipinski definition) is 0. The molecule has 3 aliphatic rings. The molecule has 0 aromatic rings. The Bertz CT molecular complexity index is 1240. The zero-order valence-corrected chi connectivity index (χ0v) is 25.5. The highest BCUT2D eigenvalue weighted by Gasteiger charge is 2.40. The van der Waals surface area contributed by atoms with E-state index in [9.17, 15) is 24.0 Å². The van der Waals surface area contributed by atoms with Crippen molar-refractivity contribution in [2.45, 2.75) is 91.8 Å². The summed E-state index contributed by atoms with van der Waals surface area (Å²) in [6.45, 7) is 16.4. The van der Waals surface area contributed by atoms with Gasteiger partial charge in [0.25, 0.3) is 0 Å². The normalized spacial score (nSPS) is 25.1. The molecule has 1 saturated carbocycles. The van der Waals surface area contributed by atoms with E-state index in [2.05, 4.69) is 13.2 Å². The molecule has 12 heteroatoms. The van der Waals surface area contributed by atoms with Gasteiger partial charge < -0.3 is 33.2 Å². The second kappa shape index (κ2) is 14.6. The van der Waals surface area contributed by atoms with Gasteiger partial charge in [-0.2, -0.15) is 0 Å². The molecule has 3 rings (SSSR count). The van der Waals surface area contributed by atoms with Crippen LogP contribution in [0, 0.1) is 11.8 Å². The third kappa shape index (κ3) is 8.41. The number of cyclic esters (lactones) is 2. The van der Waals surface area contributed by atoms with Crippen LogP contribution in [0.3, 0.4) is 0 Å². The first-order valence-electron chi connectivity index (χ1n) is 14.2. The largest absolute Gasteiger partial charge is 0.461 e. The van der Waals surface area contributed by atoms with Gasteiger partial charge in [0.15, 0.2) is 6.29 Å². The Morgan fingerprint density at radius 1 is 0.884 bits per heavy atom. The molecule has 0 N–H and O–H groups in total. The highest BCUT2D eigenvalue weighted by molar-refractivity contribution is 5.94. The first kappa shape index (κ1) is 33.7. The smallest absolute Gasteiger partial charge is 0.375 e. The summed E-state index contributed by atoms with van der Waals surface area (Å²) in [6, 6.07) is 0. The van der Waals surface area contributed by atoms with E-state index in [0.717, 1.165) is 12.8 Å². The highest BCUT2D eigenvalue weighted by atomic mass is 16.7. The lowest BCUT2D eigenvalue weighted by Crippen LogP contribution is -2.39. The van der Waals surface area contributed by atoms with Gasteiger partial charge in [-0.25, -0.2) is 14.4 Å². The van der Waals surface area contributed by atoms with E-state index in [1.165, 1.54) is 6.92 Å². The van der Waals surface area contributed by atoms with Gasteiger partial charge in [-0.1, -0.05) is 26.0 Å². The maximum absolute atomic E-state index is 13.1. The van der Waals surface area contributed by atoms with Gasteiger partial charge >= 0.3 is 29.8 Å². The van der Waals surface area contributed by atoms with E-state index < -0.39 is 72.9 Å². The van der Waals surface area contributed by atoms with Gasteiger partial charge in [-0.05, 0) is 60.0 Å². The lowest BCUT2D eigenvalue weighted by atomic mass is 9.86. The van der Waals surface area contributed by atoms with Crippen LogP contribution in [-0.4, -0.2) is 67.7 Å². The Hall–Kier alpha value is -3.77. The summed E-state index contributed by atoms with van der Waals surface area (Å²) in [5.74, 6) is -5.85. The molecule has 0 amide bonds. The molecule has 12 nitrogen and oxygen atoms in total. The maximum atomic E-state index is 13.1. The number of carbonyl (C=O) groups excluding carboxylic acids is 5. The minimum absolute atomic E-state index is 0.105. The quantitative estimate of drug-likeness (QED) is 0.0990. The van der Waals surface area contributed by atoms with Crippen LogP contribution in [0.4, 0.5) is 0 Å². The van der Waals surface area contributed by atoms with Gasteiger partial charge in [-0.15, -0.1) is 0 Å². The average Bonchev–Trinajstić information content (AvgIpc) is 3.33. The summed E-state index contributed by atoms with van der Waals surface area (Å²) in [6.07, 6.45) is -0.187. The van der Waals surface area contributed by atoms with Gasteiger partial charge in [0, 0.05) is 16.7 Å². The van der Waals surface area contributed by atoms with Crippen molar-refractivity contribution in [3.8, 4) is 0 Å². The molecular formula is C31H40O12. The molecule has 0 radical (unpaired) electrons. The molecule has 2 aliphatic heterocycles. The van der Waals surface area contributed by atoms with Crippen LogP contribution < -0.4 is 0 Å². The van der Waals surface area contributed by atoms with Gasteiger partial charge in [0.2, 0.25) is 11.5 Å². The van der Waals surface area contributed by atoms with E-state index in [1.807, 2.05) is 0 Å². The molecule has 2 heterocycles. The van der Waals surface area contributed by atoms with Crippen molar-refractivity contribution in [2.24, 2.45) is 11.8 Å². The highest BCUT2D eigenvalue weighted by Crippen LogP contribution is 2.32. The molecule has 6 atom stereocenters. The zero-order chi connectivity index (χ0) is 32.0. The number of carbonyl (C=O) groups is 5. The summed E-state index contributed by atoms with van der Waals surface area (Å²) in [7, 11) is 0. The summed E-state index contributed by atoms with van der Waals surface area (Å²) < 4.78 is 38.3. The second-order valence-electron chi connectivity index (χ2n) is 11.1. The average molecular weight is 605 g/mol. The molecular weight excluding hydrogens is 564 g/mol. The monoisotopic (exact) mass is 604 g/mol. The fourth-order valence-electron chi connectivity index (χ4n) is 4.57. The number of rotatable bonds is 13. The maximum Gasteiger partial charge on any atom is 0.375 e.